The Morgan fingerprint density at radius 1 is 1.28 bits per heavy atom. The summed E-state index contributed by atoms with van der Waals surface area (Å²) in [7, 11) is 0. The van der Waals surface area contributed by atoms with Crippen molar-refractivity contribution in [1.82, 2.24) is 15.6 Å². The van der Waals surface area contributed by atoms with E-state index in [4.69, 9.17) is 0 Å². The van der Waals surface area contributed by atoms with Gasteiger partial charge in [-0.25, -0.2) is 9.98 Å². The van der Waals surface area contributed by atoms with E-state index in [-0.39, 0.29) is 28.7 Å². The molecule has 2 heterocycles. The van der Waals surface area contributed by atoms with Crippen LogP contribution in [0, 0.1) is 0 Å². The van der Waals surface area contributed by atoms with Crippen LogP contribution in [0.4, 0.5) is 5.82 Å². The lowest BCUT2D eigenvalue weighted by Crippen LogP contribution is -2.43. The molecule has 1 aromatic heterocycles. The molecule has 1 fully saturated rings. The van der Waals surface area contributed by atoms with E-state index in [2.05, 4.69) is 64.7 Å². The minimum atomic E-state index is 0. The van der Waals surface area contributed by atoms with Crippen molar-refractivity contribution in [1.29, 1.82) is 0 Å². The lowest BCUT2D eigenvalue weighted by Gasteiger charge is -2.23. The Labute approximate surface area is 173 Å². The summed E-state index contributed by atoms with van der Waals surface area (Å²) < 4.78 is 0.190. The second-order valence-electron chi connectivity index (χ2n) is 6.73. The third-order valence-corrected chi connectivity index (χ3v) is 5.49. The van der Waals surface area contributed by atoms with Gasteiger partial charge in [-0.15, -0.1) is 24.0 Å². The molecule has 0 spiro atoms. The summed E-state index contributed by atoms with van der Waals surface area (Å²) in [5.41, 5.74) is 1.14. The van der Waals surface area contributed by atoms with Gasteiger partial charge in [-0.1, -0.05) is 6.07 Å². The highest BCUT2D eigenvalue weighted by molar-refractivity contribution is 14.0. The molecule has 5 nitrogen and oxygen atoms in total. The van der Waals surface area contributed by atoms with Crippen LogP contribution in [-0.4, -0.2) is 48.1 Å². The first-order chi connectivity index (χ1) is 11.5. The van der Waals surface area contributed by atoms with Gasteiger partial charge in [0.1, 0.15) is 5.82 Å². The summed E-state index contributed by atoms with van der Waals surface area (Å²) >= 11 is 1.86. The summed E-state index contributed by atoms with van der Waals surface area (Å²) in [6.45, 7) is 11.2. The van der Waals surface area contributed by atoms with Gasteiger partial charge in [0.25, 0.3) is 0 Å². The number of hydrogen-bond donors (Lipinski definition) is 2. The topological polar surface area (TPSA) is 52.6 Å². The molecular formula is C18H32IN5S. The van der Waals surface area contributed by atoms with Crippen molar-refractivity contribution < 1.29 is 0 Å². The van der Waals surface area contributed by atoms with Crippen molar-refractivity contribution in [2.75, 3.05) is 37.3 Å². The fraction of sp³-hybridized carbons (Fsp3) is 0.667. The number of hydrogen-bond acceptors (Lipinski definition) is 4. The van der Waals surface area contributed by atoms with Crippen molar-refractivity contribution in [3.05, 3.63) is 23.9 Å². The number of guanidine groups is 1. The largest absolute Gasteiger partial charge is 0.357 e. The van der Waals surface area contributed by atoms with Crippen molar-refractivity contribution in [3.63, 3.8) is 0 Å². The van der Waals surface area contributed by atoms with E-state index in [1.54, 1.807) is 0 Å². The van der Waals surface area contributed by atoms with E-state index < -0.39 is 0 Å². The zero-order chi connectivity index (χ0) is 17.4. The fourth-order valence-electron chi connectivity index (χ4n) is 2.52. The SMILES string of the molecule is CCNC(=NCc1ccc(N2CCCC2)nc1)NCC(C)(C)SC.I. The van der Waals surface area contributed by atoms with Crippen LogP contribution in [0.25, 0.3) is 0 Å². The third-order valence-electron chi connectivity index (χ3n) is 4.24. The monoisotopic (exact) mass is 477 g/mol. The van der Waals surface area contributed by atoms with Crippen molar-refractivity contribution >= 4 is 47.5 Å². The average molecular weight is 477 g/mol. The first kappa shape index (κ1) is 22.3. The van der Waals surface area contributed by atoms with Gasteiger partial charge in [0.05, 0.1) is 6.54 Å². The second-order valence-corrected chi connectivity index (χ2v) is 8.24. The molecular weight excluding hydrogens is 445 g/mol. The number of aromatic nitrogens is 1. The molecule has 0 aliphatic carbocycles. The Kier molecular flexibility index (Phi) is 9.92. The Hall–Kier alpha value is -0.700. The zero-order valence-electron chi connectivity index (χ0n) is 15.8. The first-order valence-corrected chi connectivity index (χ1v) is 10.0. The van der Waals surface area contributed by atoms with Gasteiger partial charge in [0, 0.05) is 37.1 Å². The number of halogens is 1. The van der Waals surface area contributed by atoms with Crippen LogP contribution in [0.5, 0.6) is 0 Å². The molecule has 1 saturated heterocycles. The molecule has 0 aromatic carbocycles. The van der Waals surface area contributed by atoms with Crippen LogP contribution in [-0.2, 0) is 6.54 Å². The standard InChI is InChI=1S/C18H31N5S.HI/c1-5-19-17(22-14-18(2,3)24-4)21-13-15-8-9-16(20-12-15)23-10-6-7-11-23;/h8-9,12H,5-7,10-11,13-14H2,1-4H3,(H2,19,21,22);1H. The predicted molar refractivity (Wildman–Crippen MR) is 122 cm³/mol. The molecule has 1 aromatic rings. The normalized spacial score (nSPS) is 15.0. The molecule has 0 radical (unpaired) electrons. The predicted octanol–water partition coefficient (Wildman–Crippen LogP) is 3.50. The summed E-state index contributed by atoms with van der Waals surface area (Å²) in [5.74, 6) is 1.95. The fourth-order valence-corrected chi connectivity index (χ4v) is 2.74. The number of aliphatic imine (C=N–C) groups is 1. The van der Waals surface area contributed by atoms with Crippen LogP contribution in [0.2, 0.25) is 0 Å². The van der Waals surface area contributed by atoms with E-state index in [1.165, 1.54) is 12.8 Å². The molecule has 2 rings (SSSR count). The highest BCUT2D eigenvalue weighted by Crippen LogP contribution is 2.19. The number of pyridine rings is 1. The number of anilines is 1. The number of thioether (sulfide) groups is 1. The van der Waals surface area contributed by atoms with Gasteiger partial charge in [0.15, 0.2) is 5.96 Å². The van der Waals surface area contributed by atoms with Crippen LogP contribution < -0.4 is 15.5 Å². The van der Waals surface area contributed by atoms with E-state index >= 15 is 0 Å². The lowest BCUT2D eigenvalue weighted by molar-refractivity contribution is 0.665. The minimum Gasteiger partial charge on any atom is -0.357 e. The number of nitrogens with zero attached hydrogens (tertiary/aromatic N) is 3. The van der Waals surface area contributed by atoms with Crippen LogP contribution in [0.15, 0.2) is 23.3 Å². The summed E-state index contributed by atoms with van der Waals surface area (Å²) in [4.78, 5) is 11.6. The van der Waals surface area contributed by atoms with E-state index in [1.807, 2.05) is 18.0 Å². The van der Waals surface area contributed by atoms with Gasteiger partial charge in [0.2, 0.25) is 0 Å². The van der Waals surface area contributed by atoms with Crippen LogP contribution in [0.3, 0.4) is 0 Å². The Bertz CT molecular complexity index is 527. The smallest absolute Gasteiger partial charge is 0.191 e. The number of rotatable bonds is 7. The molecule has 7 heteroatoms. The Morgan fingerprint density at radius 2 is 2.00 bits per heavy atom. The minimum absolute atomic E-state index is 0. The van der Waals surface area contributed by atoms with E-state index in [0.717, 1.165) is 43.5 Å². The molecule has 0 saturated carbocycles. The molecule has 1 aliphatic rings. The zero-order valence-corrected chi connectivity index (χ0v) is 19.0. The lowest BCUT2D eigenvalue weighted by atomic mass is 10.2. The maximum Gasteiger partial charge on any atom is 0.191 e. The van der Waals surface area contributed by atoms with Gasteiger partial charge in [-0.2, -0.15) is 11.8 Å². The van der Waals surface area contributed by atoms with Crippen molar-refractivity contribution in [3.8, 4) is 0 Å². The molecule has 2 N–H and O–H groups in total. The average Bonchev–Trinajstić information content (AvgIpc) is 3.12. The van der Waals surface area contributed by atoms with Crippen molar-refractivity contribution in [2.45, 2.75) is 44.9 Å². The van der Waals surface area contributed by atoms with Gasteiger partial charge >= 0.3 is 0 Å². The quantitative estimate of drug-likeness (QED) is 0.358. The second kappa shape index (κ2) is 11.1. The van der Waals surface area contributed by atoms with E-state index in [9.17, 15) is 0 Å². The highest BCUT2D eigenvalue weighted by Gasteiger charge is 2.16. The molecule has 0 atom stereocenters. The maximum absolute atomic E-state index is 4.68. The summed E-state index contributed by atoms with van der Waals surface area (Å²) in [6.07, 6.45) is 6.64. The van der Waals surface area contributed by atoms with Crippen LogP contribution >= 0.6 is 35.7 Å². The molecule has 25 heavy (non-hydrogen) atoms. The highest BCUT2D eigenvalue weighted by atomic mass is 127. The van der Waals surface area contributed by atoms with Gasteiger partial charge in [-0.05, 0) is 51.5 Å². The first-order valence-electron chi connectivity index (χ1n) is 8.81. The molecule has 0 bridgehead atoms. The molecule has 0 unspecified atom stereocenters. The van der Waals surface area contributed by atoms with E-state index in [0.29, 0.717) is 6.54 Å². The Morgan fingerprint density at radius 3 is 2.56 bits per heavy atom. The van der Waals surface area contributed by atoms with Crippen LogP contribution in [0.1, 0.15) is 39.2 Å². The van der Waals surface area contributed by atoms with Gasteiger partial charge < -0.3 is 15.5 Å². The summed E-state index contributed by atoms with van der Waals surface area (Å²) in [5, 5.41) is 6.73. The molecule has 142 valence electrons. The summed E-state index contributed by atoms with van der Waals surface area (Å²) in [6, 6.07) is 4.26. The molecule has 0 amide bonds. The maximum atomic E-state index is 4.68. The van der Waals surface area contributed by atoms with Crippen molar-refractivity contribution in [2.24, 2.45) is 4.99 Å². The third kappa shape index (κ3) is 7.60. The van der Waals surface area contributed by atoms with Gasteiger partial charge in [-0.3, -0.25) is 0 Å². The Balaban J connectivity index is 0.00000312. The molecule has 1 aliphatic heterocycles. The number of nitrogens with one attached hydrogen (secondary N) is 2.